The summed E-state index contributed by atoms with van der Waals surface area (Å²) in [5.41, 5.74) is 0.994. The lowest BCUT2D eigenvalue weighted by Crippen LogP contribution is -2.46. The van der Waals surface area contributed by atoms with E-state index in [0.717, 1.165) is 0 Å². The topological polar surface area (TPSA) is 58.6 Å². The number of hydrogen-bond donors (Lipinski definition) is 1. The number of likely N-dealkylation sites (tertiary alicyclic amines) is 1. The van der Waals surface area contributed by atoms with Crippen LogP contribution in [-0.4, -0.2) is 42.5 Å². The highest BCUT2D eigenvalue weighted by molar-refractivity contribution is 5.97. The summed E-state index contributed by atoms with van der Waals surface area (Å²) in [4.78, 5) is 26.8. The molecule has 0 unspecified atom stereocenters. The van der Waals surface area contributed by atoms with Gasteiger partial charge in [0.25, 0.3) is 11.8 Å². The van der Waals surface area contributed by atoms with Crippen molar-refractivity contribution < 1.29 is 18.7 Å². The normalized spacial score (nSPS) is 14.7. The van der Waals surface area contributed by atoms with E-state index in [0.29, 0.717) is 49.4 Å². The summed E-state index contributed by atoms with van der Waals surface area (Å²) < 4.78 is 18.5. The van der Waals surface area contributed by atoms with Crippen LogP contribution in [0, 0.1) is 5.82 Å². The fourth-order valence-corrected chi connectivity index (χ4v) is 3.19. The number of hydrogen-bond acceptors (Lipinski definition) is 3. The Kier molecular flexibility index (Phi) is 6.06. The average Bonchev–Trinajstić information content (AvgIpc) is 2.69. The number of benzene rings is 2. The number of amides is 2. The van der Waals surface area contributed by atoms with E-state index in [4.69, 9.17) is 4.74 Å². The van der Waals surface area contributed by atoms with Crippen molar-refractivity contribution in [3.8, 4) is 5.75 Å². The zero-order valence-corrected chi connectivity index (χ0v) is 15.3. The van der Waals surface area contributed by atoms with Crippen molar-refractivity contribution in [3.63, 3.8) is 0 Å². The first-order chi connectivity index (χ1) is 13.1. The first-order valence-corrected chi connectivity index (χ1v) is 9.16. The SMILES string of the molecule is CCOc1ccccc1C(=O)N1CCC(NC(=O)c2ccc(F)cc2)CC1. The van der Waals surface area contributed by atoms with Crippen LogP contribution in [0.15, 0.2) is 48.5 Å². The summed E-state index contributed by atoms with van der Waals surface area (Å²) in [5, 5.41) is 2.96. The quantitative estimate of drug-likeness (QED) is 0.879. The molecule has 27 heavy (non-hydrogen) atoms. The third kappa shape index (κ3) is 4.64. The first kappa shape index (κ1) is 18.9. The smallest absolute Gasteiger partial charge is 0.257 e. The zero-order chi connectivity index (χ0) is 19.2. The maximum absolute atomic E-state index is 13.0. The molecule has 1 fully saturated rings. The summed E-state index contributed by atoms with van der Waals surface area (Å²) in [6.07, 6.45) is 1.35. The molecule has 0 saturated carbocycles. The van der Waals surface area contributed by atoms with E-state index in [2.05, 4.69) is 5.32 Å². The predicted molar refractivity (Wildman–Crippen MR) is 100 cm³/mol. The molecule has 1 saturated heterocycles. The largest absolute Gasteiger partial charge is 0.493 e. The monoisotopic (exact) mass is 370 g/mol. The van der Waals surface area contributed by atoms with Gasteiger partial charge in [0.15, 0.2) is 0 Å². The second-order valence-electron chi connectivity index (χ2n) is 6.48. The molecule has 0 atom stereocenters. The molecular formula is C21H23FN2O3. The second kappa shape index (κ2) is 8.66. The lowest BCUT2D eigenvalue weighted by molar-refractivity contribution is 0.0694. The average molecular weight is 370 g/mol. The van der Waals surface area contributed by atoms with E-state index in [1.54, 1.807) is 17.0 Å². The fourth-order valence-electron chi connectivity index (χ4n) is 3.19. The molecule has 1 aliphatic rings. The Balaban J connectivity index is 1.56. The lowest BCUT2D eigenvalue weighted by atomic mass is 10.0. The van der Waals surface area contributed by atoms with Crippen LogP contribution in [0.25, 0.3) is 0 Å². The van der Waals surface area contributed by atoms with E-state index in [-0.39, 0.29) is 23.7 Å². The van der Waals surface area contributed by atoms with Gasteiger partial charge in [-0.3, -0.25) is 9.59 Å². The fraction of sp³-hybridized carbons (Fsp3) is 0.333. The van der Waals surface area contributed by atoms with Gasteiger partial charge in [0, 0.05) is 24.7 Å². The summed E-state index contributed by atoms with van der Waals surface area (Å²) in [7, 11) is 0. The zero-order valence-electron chi connectivity index (χ0n) is 15.3. The Morgan fingerprint density at radius 3 is 2.44 bits per heavy atom. The van der Waals surface area contributed by atoms with Gasteiger partial charge in [-0.1, -0.05) is 12.1 Å². The van der Waals surface area contributed by atoms with Gasteiger partial charge in [-0.05, 0) is 56.2 Å². The Morgan fingerprint density at radius 1 is 1.11 bits per heavy atom. The molecule has 1 N–H and O–H groups in total. The third-order valence-corrected chi connectivity index (χ3v) is 4.64. The highest BCUT2D eigenvalue weighted by atomic mass is 19.1. The molecule has 0 aromatic heterocycles. The van der Waals surface area contributed by atoms with Gasteiger partial charge in [-0.15, -0.1) is 0 Å². The van der Waals surface area contributed by atoms with Crippen LogP contribution in [0.2, 0.25) is 0 Å². The molecule has 2 aromatic carbocycles. The van der Waals surface area contributed by atoms with Crippen LogP contribution in [0.4, 0.5) is 4.39 Å². The summed E-state index contributed by atoms with van der Waals surface area (Å²) >= 11 is 0. The van der Waals surface area contributed by atoms with E-state index in [9.17, 15) is 14.0 Å². The molecule has 5 nitrogen and oxygen atoms in total. The van der Waals surface area contributed by atoms with Crippen molar-refractivity contribution in [2.75, 3.05) is 19.7 Å². The third-order valence-electron chi connectivity index (χ3n) is 4.64. The van der Waals surface area contributed by atoms with E-state index < -0.39 is 0 Å². The van der Waals surface area contributed by atoms with Crippen molar-refractivity contribution in [1.29, 1.82) is 0 Å². The van der Waals surface area contributed by atoms with Gasteiger partial charge < -0.3 is 15.0 Å². The van der Waals surface area contributed by atoms with Gasteiger partial charge >= 0.3 is 0 Å². The minimum absolute atomic E-state index is 0.00580. The lowest BCUT2D eigenvalue weighted by Gasteiger charge is -2.32. The Hall–Kier alpha value is -2.89. The molecule has 2 amide bonds. The number of rotatable bonds is 5. The van der Waals surface area contributed by atoms with Crippen molar-refractivity contribution in [1.82, 2.24) is 10.2 Å². The van der Waals surface area contributed by atoms with Gasteiger partial charge in [0.1, 0.15) is 11.6 Å². The van der Waals surface area contributed by atoms with Gasteiger partial charge in [-0.2, -0.15) is 0 Å². The van der Waals surface area contributed by atoms with Gasteiger partial charge in [0.2, 0.25) is 0 Å². The van der Waals surface area contributed by atoms with Crippen LogP contribution in [0.1, 0.15) is 40.5 Å². The van der Waals surface area contributed by atoms with Crippen LogP contribution in [-0.2, 0) is 0 Å². The summed E-state index contributed by atoms with van der Waals surface area (Å²) in [5.74, 6) is -0.0498. The molecular weight excluding hydrogens is 347 g/mol. The summed E-state index contributed by atoms with van der Waals surface area (Å²) in [6.45, 7) is 3.51. The van der Waals surface area contributed by atoms with Crippen molar-refractivity contribution in [2.24, 2.45) is 0 Å². The second-order valence-corrected chi connectivity index (χ2v) is 6.48. The molecule has 6 heteroatoms. The number of carbonyl (C=O) groups excluding carboxylic acids is 2. The number of nitrogens with one attached hydrogen (secondary N) is 1. The van der Waals surface area contributed by atoms with E-state index in [1.165, 1.54) is 24.3 Å². The molecule has 0 spiro atoms. The molecule has 0 radical (unpaired) electrons. The molecule has 3 rings (SSSR count). The number of piperidine rings is 1. The Bertz CT molecular complexity index is 799. The van der Waals surface area contributed by atoms with Crippen LogP contribution in [0.3, 0.4) is 0 Å². The van der Waals surface area contributed by atoms with Crippen LogP contribution in [0.5, 0.6) is 5.75 Å². The minimum Gasteiger partial charge on any atom is -0.493 e. The molecule has 0 bridgehead atoms. The molecule has 2 aromatic rings. The number of nitrogens with zero attached hydrogens (tertiary/aromatic N) is 1. The van der Waals surface area contributed by atoms with Crippen molar-refractivity contribution in [3.05, 3.63) is 65.5 Å². The van der Waals surface area contributed by atoms with Gasteiger partial charge in [-0.25, -0.2) is 4.39 Å². The molecule has 1 aliphatic heterocycles. The predicted octanol–water partition coefficient (Wildman–Crippen LogP) is 3.26. The number of ether oxygens (including phenoxy) is 1. The van der Waals surface area contributed by atoms with E-state index >= 15 is 0 Å². The first-order valence-electron chi connectivity index (χ1n) is 9.16. The Labute approximate surface area is 158 Å². The highest BCUT2D eigenvalue weighted by Crippen LogP contribution is 2.22. The number of carbonyl (C=O) groups is 2. The van der Waals surface area contributed by atoms with Crippen LogP contribution < -0.4 is 10.1 Å². The van der Waals surface area contributed by atoms with Crippen LogP contribution >= 0.6 is 0 Å². The highest BCUT2D eigenvalue weighted by Gasteiger charge is 2.26. The number of para-hydroxylation sites is 1. The summed E-state index contributed by atoms with van der Waals surface area (Å²) in [6, 6.07) is 12.7. The van der Waals surface area contributed by atoms with Crippen molar-refractivity contribution >= 4 is 11.8 Å². The van der Waals surface area contributed by atoms with Crippen molar-refractivity contribution in [2.45, 2.75) is 25.8 Å². The molecule has 1 heterocycles. The maximum atomic E-state index is 13.0. The maximum Gasteiger partial charge on any atom is 0.257 e. The van der Waals surface area contributed by atoms with Gasteiger partial charge in [0.05, 0.1) is 12.2 Å². The standard InChI is InChI=1S/C21H23FN2O3/c1-2-27-19-6-4-3-5-18(19)21(26)24-13-11-17(12-14-24)23-20(25)15-7-9-16(22)10-8-15/h3-10,17H,2,11-14H2,1H3,(H,23,25). The number of halogens is 1. The Morgan fingerprint density at radius 2 is 1.78 bits per heavy atom. The minimum atomic E-state index is -0.370. The molecule has 142 valence electrons. The molecule has 0 aliphatic carbocycles. The van der Waals surface area contributed by atoms with E-state index in [1.807, 2.05) is 19.1 Å².